The largest absolute Gasteiger partial charge is 0.372 e. The minimum atomic E-state index is -0.449. The Morgan fingerprint density at radius 3 is 2.70 bits per heavy atom. The molecule has 0 saturated heterocycles. The van der Waals surface area contributed by atoms with Crippen molar-refractivity contribution < 1.29 is 4.92 Å². The van der Waals surface area contributed by atoms with E-state index >= 15 is 0 Å². The molecule has 102 valence electrons. The van der Waals surface area contributed by atoms with Crippen molar-refractivity contribution in [3.63, 3.8) is 0 Å². The van der Waals surface area contributed by atoms with E-state index in [-0.39, 0.29) is 11.7 Å². The minimum Gasteiger partial charge on any atom is -0.372 e. The van der Waals surface area contributed by atoms with Gasteiger partial charge >= 0.3 is 0 Å². The van der Waals surface area contributed by atoms with E-state index in [1.165, 1.54) is 23.1 Å². The first-order chi connectivity index (χ1) is 9.51. The first-order valence-electron chi connectivity index (χ1n) is 6.02. The summed E-state index contributed by atoms with van der Waals surface area (Å²) < 4.78 is 0. The maximum atomic E-state index is 11.0. The number of hydrogen-bond donors (Lipinski definition) is 1. The summed E-state index contributed by atoms with van der Waals surface area (Å²) in [4.78, 5) is 12.9. The first-order valence-corrected chi connectivity index (χ1v) is 6.84. The molecule has 6 heteroatoms. The Morgan fingerprint density at radius 1 is 1.40 bits per heavy atom. The number of hydrogen-bond acceptors (Lipinski definition) is 5. The fraction of sp³-hybridized carbons (Fsp3) is 0.214. The van der Waals surface area contributed by atoms with Crippen LogP contribution >= 0.6 is 11.3 Å². The highest BCUT2D eigenvalue weighted by Gasteiger charge is 2.17. The number of nitrogens with one attached hydrogen (secondary N) is 1. The summed E-state index contributed by atoms with van der Waals surface area (Å²) in [7, 11) is 0. The molecule has 0 aliphatic rings. The third-order valence-electron chi connectivity index (χ3n) is 2.88. The van der Waals surface area contributed by atoms with Crippen LogP contribution in [0.5, 0.6) is 0 Å². The van der Waals surface area contributed by atoms with E-state index in [9.17, 15) is 10.1 Å². The smallest absolute Gasteiger partial charge is 0.292 e. The average Bonchev–Trinajstić information content (AvgIpc) is 2.85. The zero-order valence-corrected chi connectivity index (χ0v) is 11.9. The number of nitrogens with zero attached hydrogens (tertiary/aromatic N) is 2. The second-order valence-corrected chi connectivity index (χ2v) is 5.73. The molecule has 1 atom stereocenters. The van der Waals surface area contributed by atoms with Gasteiger partial charge in [-0.3, -0.25) is 10.1 Å². The maximum absolute atomic E-state index is 11.0. The van der Waals surface area contributed by atoms with Gasteiger partial charge in [0, 0.05) is 15.8 Å². The highest BCUT2D eigenvalue weighted by molar-refractivity contribution is 7.12. The van der Waals surface area contributed by atoms with Crippen molar-refractivity contribution in [3.05, 3.63) is 55.8 Å². The lowest BCUT2D eigenvalue weighted by molar-refractivity contribution is -0.384. The fourth-order valence-corrected chi connectivity index (χ4v) is 2.75. The number of rotatable bonds is 4. The van der Waals surface area contributed by atoms with Crippen molar-refractivity contribution in [3.8, 4) is 6.07 Å². The fourth-order valence-electron chi connectivity index (χ4n) is 1.87. The quantitative estimate of drug-likeness (QED) is 0.680. The van der Waals surface area contributed by atoms with E-state index in [1.54, 1.807) is 11.3 Å². The lowest BCUT2D eigenvalue weighted by atomic mass is 10.1. The molecule has 0 aliphatic heterocycles. The van der Waals surface area contributed by atoms with Crippen LogP contribution in [-0.2, 0) is 0 Å². The maximum Gasteiger partial charge on any atom is 0.292 e. The summed E-state index contributed by atoms with van der Waals surface area (Å²) >= 11 is 1.64. The van der Waals surface area contributed by atoms with Gasteiger partial charge in [-0.15, -0.1) is 11.3 Å². The summed E-state index contributed by atoms with van der Waals surface area (Å²) in [5, 5.41) is 23.0. The van der Waals surface area contributed by atoms with Crippen LogP contribution in [0.2, 0.25) is 0 Å². The lowest BCUT2D eigenvalue weighted by Crippen LogP contribution is -2.07. The lowest BCUT2D eigenvalue weighted by Gasteiger charge is -2.14. The summed E-state index contributed by atoms with van der Waals surface area (Å²) in [6.45, 7) is 3.95. The molecule has 0 spiro atoms. The van der Waals surface area contributed by atoms with Gasteiger partial charge in [-0.05, 0) is 38.1 Å². The topological polar surface area (TPSA) is 79.0 Å². The normalized spacial score (nSPS) is 11.7. The Labute approximate surface area is 120 Å². The predicted molar refractivity (Wildman–Crippen MR) is 78.9 cm³/mol. The summed E-state index contributed by atoms with van der Waals surface area (Å²) in [5.74, 6) is 0. The molecule has 0 radical (unpaired) electrons. The number of benzene rings is 1. The van der Waals surface area contributed by atoms with Gasteiger partial charge in [0.05, 0.1) is 22.6 Å². The zero-order valence-electron chi connectivity index (χ0n) is 11.1. The molecule has 0 amide bonds. The molecule has 2 aromatic rings. The van der Waals surface area contributed by atoms with Crippen molar-refractivity contribution in [2.75, 3.05) is 5.32 Å². The summed E-state index contributed by atoms with van der Waals surface area (Å²) in [5.41, 5.74) is 0.740. The molecule has 1 aromatic heterocycles. The third kappa shape index (κ3) is 2.95. The summed E-state index contributed by atoms with van der Waals surface area (Å²) in [6.07, 6.45) is 0. The molecule has 1 unspecified atom stereocenters. The van der Waals surface area contributed by atoms with Crippen LogP contribution < -0.4 is 5.32 Å². The van der Waals surface area contributed by atoms with Crippen LogP contribution in [0.25, 0.3) is 0 Å². The second-order valence-electron chi connectivity index (χ2n) is 4.42. The van der Waals surface area contributed by atoms with E-state index in [2.05, 4.69) is 5.32 Å². The Hall–Kier alpha value is -2.39. The molecule has 0 fully saturated rings. The van der Waals surface area contributed by atoms with Crippen molar-refractivity contribution in [1.82, 2.24) is 0 Å². The number of thiophene rings is 1. The van der Waals surface area contributed by atoms with Gasteiger partial charge in [-0.2, -0.15) is 5.26 Å². The van der Waals surface area contributed by atoms with Crippen LogP contribution in [0.4, 0.5) is 11.4 Å². The minimum absolute atomic E-state index is 0.0240. The van der Waals surface area contributed by atoms with E-state index in [0.29, 0.717) is 11.3 Å². The van der Waals surface area contributed by atoms with Gasteiger partial charge in [-0.25, -0.2) is 0 Å². The van der Waals surface area contributed by atoms with E-state index < -0.39 is 4.92 Å². The summed E-state index contributed by atoms with van der Waals surface area (Å²) in [6, 6.07) is 10.3. The van der Waals surface area contributed by atoms with Crippen molar-refractivity contribution in [2.45, 2.75) is 19.9 Å². The number of nitro groups is 1. The monoisotopic (exact) mass is 287 g/mol. The van der Waals surface area contributed by atoms with Gasteiger partial charge in [-0.1, -0.05) is 0 Å². The molecule has 5 nitrogen and oxygen atoms in total. The highest BCUT2D eigenvalue weighted by atomic mass is 32.1. The first kappa shape index (κ1) is 14.0. The Kier molecular flexibility index (Phi) is 4.01. The Morgan fingerprint density at radius 2 is 2.15 bits per heavy atom. The van der Waals surface area contributed by atoms with Crippen LogP contribution in [0, 0.1) is 28.4 Å². The molecule has 0 aliphatic carbocycles. The Bertz CT molecular complexity index is 688. The highest BCUT2D eigenvalue weighted by Crippen LogP contribution is 2.31. The van der Waals surface area contributed by atoms with Crippen LogP contribution in [0.3, 0.4) is 0 Å². The molecular weight excluding hydrogens is 274 g/mol. The van der Waals surface area contributed by atoms with E-state index in [0.717, 1.165) is 4.88 Å². The number of nitriles is 1. The van der Waals surface area contributed by atoms with E-state index in [1.807, 2.05) is 32.0 Å². The van der Waals surface area contributed by atoms with Crippen LogP contribution in [-0.4, -0.2) is 4.92 Å². The predicted octanol–water partition coefficient (Wildman–Crippen LogP) is 4.01. The number of aryl methyl sites for hydroxylation is 1. The standard InChI is InChI=1S/C14H13N3O2S/c1-9-3-6-14(20-9)10(2)16-12-7-11(8-15)4-5-13(12)17(18)19/h3-7,10,16H,1-2H3. The number of anilines is 1. The van der Waals surface area contributed by atoms with Gasteiger partial charge in [0.25, 0.3) is 5.69 Å². The SMILES string of the molecule is Cc1ccc(C(C)Nc2cc(C#N)ccc2[N+](=O)[O-])s1. The zero-order chi connectivity index (χ0) is 14.7. The molecule has 1 N–H and O–H groups in total. The van der Waals surface area contributed by atoms with Gasteiger partial charge in [0.1, 0.15) is 5.69 Å². The molecule has 2 rings (SSSR count). The molecule has 0 bridgehead atoms. The number of nitro benzene ring substituents is 1. The van der Waals surface area contributed by atoms with Crippen molar-refractivity contribution in [1.29, 1.82) is 5.26 Å². The second kappa shape index (κ2) is 5.72. The van der Waals surface area contributed by atoms with E-state index in [4.69, 9.17) is 5.26 Å². The van der Waals surface area contributed by atoms with Gasteiger partial charge < -0.3 is 5.32 Å². The molecule has 20 heavy (non-hydrogen) atoms. The molecular formula is C14H13N3O2S. The molecule has 0 saturated carbocycles. The van der Waals surface area contributed by atoms with Crippen LogP contribution in [0.1, 0.15) is 28.3 Å². The van der Waals surface area contributed by atoms with Crippen LogP contribution in [0.15, 0.2) is 30.3 Å². The molecule has 1 aromatic carbocycles. The van der Waals surface area contributed by atoms with Gasteiger partial charge in [0.2, 0.25) is 0 Å². The average molecular weight is 287 g/mol. The van der Waals surface area contributed by atoms with Gasteiger partial charge in [0.15, 0.2) is 0 Å². The molecule has 1 heterocycles. The van der Waals surface area contributed by atoms with Crippen molar-refractivity contribution >= 4 is 22.7 Å². The third-order valence-corrected chi connectivity index (χ3v) is 4.07. The Balaban J connectivity index is 2.32. The van der Waals surface area contributed by atoms with Crippen molar-refractivity contribution in [2.24, 2.45) is 0 Å².